The maximum absolute atomic E-state index is 10.4. The minimum Gasteiger partial charge on any atom is -0.296 e. The molecule has 0 saturated heterocycles. The van der Waals surface area contributed by atoms with Crippen molar-refractivity contribution in [2.45, 2.75) is 6.42 Å². The topological polar surface area (TPSA) is 30.0 Å². The number of carbonyl (C=O) groups excluding carboxylic acids is 1. The number of carbonyl (C=O) groups is 1. The number of nitrogens with zero attached hydrogens (tertiary/aromatic N) is 1. The average Bonchev–Trinajstić information content (AvgIpc) is 2.19. The fourth-order valence-corrected chi connectivity index (χ4v) is 1.06. The molecular weight excluding hydrogens is 182 g/mol. The second-order valence-electron chi connectivity index (χ2n) is 2.52. The molecule has 1 aromatic rings. The van der Waals surface area contributed by atoms with E-state index in [-0.39, 0.29) is 0 Å². The lowest BCUT2D eigenvalue weighted by Crippen LogP contribution is -1.87. The summed E-state index contributed by atoms with van der Waals surface area (Å²) < 4.78 is 0. The van der Waals surface area contributed by atoms with Crippen LogP contribution >= 0.6 is 12.6 Å². The van der Waals surface area contributed by atoms with Crippen LogP contribution in [0.2, 0.25) is 0 Å². The zero-order chi connectivity index (χ0) is 9.52. The number of aldehydes is 1. The van der Waals surface area contributed by atoms with Gasteiger partial charge in [-0.3, -0.25) is 4.79 Å². The van der Waals surface area contributed by atoms with Gasteiger partial charge in [0, 0.05) is 0 Å². The van der Waals surface area contributed by atoms with Crippen LogP contribution in [-0.2, 0) is 0 Å². The third-order valence-electron chi connectivity index (χ3n) is 1.50. The van der Waals surface area contributed by atoms with E-state index in [1.54, 1.807) is 6.07 Å². The molecule has 0 aliphatic rings. The Hall–Kier alpha value is -1.09. The predicted molar refractivity (Wildman–Crippen MR) is 57.1 cm³/mol. The van der Waals surface area contributed by atoms with Gasteiger partial charge >= 0.3 is 0 Å². The fraction of sp³-hybridized carbons (Fsp3) is 0.200. The maximum atomic E-state index is 10.4. The van der Waals surface area contributed by atoms with E-state index >= 15 is 0 Å². The minimum absolute atomic E-state index is 0.466. The highest BCUT2D eigenvalue weighted by atomic mass is 32.1. The summed E-state index contributed by atoms with van der Waals surface area (Å²) in [4.78, 5) is 14.5. The van der Waals surface area contributed by atoms with Crippen LogP contribution in [0.1, 0.15) is 22.6 Å². The van der Waals surface area contributed by atoms with Gasteiger partial charge in [-0.15, -0.1) is 0 Å². The first-order valence-electron chi connectivity index (χ1n) is 4.06. The number of aromatic nitrogens is 1. The van der Waals surface area contributed by atoms with Crippen molar-refractivity contribution in [3.63, 3.8) is 0 Å². The fourth-order valence-electron chi connectivity index (χ4n) is 0.906. The lowest BCUT2D eigenvalue weighted by molar-refractivity contribution is 0.111. The smallest absolute Gasteiger partial charge is 0.168 e. The molecule has 0 saturated carbocycles. The molecular formula is C10H11NOS. The van der Waals surface area contributed by atoms with Crippen molar-refractivity contribution in [1.29, 1.82) is 0 Å². The summed E-state index contributed by atoms with van der Waals surface area (Å²) in [6.07, 6.45) is 5.54. The molecule has 0 fully saturated rings. The number of rotatable bonds is 4. The summed E-state index contributed by atoms with van der Waals surface area (Å²) >= 11 is 4.08. The van der Waals surface area contributed by atoms with Crippen molar-refractivity contribution in [2.75, 3.05) is 5.75 Å². The number of allylic oxidation sites excluding steroid dienone is 1. The molecule has 0 radical (unpaired) electrons. The number of hydrogen-bond acceptors (Lipinski definition) is 3. The van der Waals surface area contributed by atoms with Gasteiger partial charge in [0.2, 0.25) is 0 Å². The molecule has 1 aromatic heterocycles. The van der Waals surface area contributed by atoms with Gasteiger partial charge in [0.1, 0.15) is 5.69 Å². The zero-order valence-electron chi connectivity index (χ0n) is 7.18. The lowest BCUT2D eigenvalue weighted by atomic mass is 10.3. The van der Waals surface area contributed by atoms with Crippen molar-refractivity contribution in [3.8, 4) is 0 Å². The average molecular weight is 193 g/mol. The van der Waals surface area contributed by atoms with Crippen LogP contribution in [0.4, 0.5) is 0 Å². The Kier molecular flexibility index (Phi) is 4.26. The van der Waals surface area contributed by atoms with Crippen molar-refractivity contribution in [2.24, 2.45) is 0 Å². The van der Waals surface area contributed by atoms with Crippen molar-refractivity contribution in [1.82, 2.24) is 4.98 Å². The second-order valence-corrected chi connectivity index (χ2v) is 2.97. The first kappa shape index (κ1) is 9.99. The van der Waals surface area contributed by atoms with Crippen molar-refractivity contribution >= 4 is 25.0 Å². The normalized spacial score (nSPS) is 10.5. The summed E-state index contributed by atoms with van der Waals surface area (Å²) in [6.45, 7) is 0. The van der Waals surface area contributed by atoms with Gasteiger partial charge in [0.15, 0.2) is 6.29 Å². The Labute approximate surface area is 83.1 Å². The molecule has 68 valence electrons. The summed E-state index contributed by atoms with van der Waals surface area (Å²) in [5, 5.41) is 0. The lowest BCUT2D eigenvalue weighted by Gasteiger charge is -1.93. The molecule has 1 rings (SSSR count). The van der Waals surface area contributed by atoms with Crippen LogP contribution < -0.4 is 0 Å². The van der Waals surface area contributed by atoms with E-state index < -0.39 is 0 Å². The molecule has 1 heterocycles. The minimum atomic E-state index is 0.466. The number of pyridine rings is 1. The molecule has 0 spiro atoms. The summed E-state index contributed by atoms with van der Waals surface area (Å²) in [5.74, 6) is 0.823. The summed E-state index contributed by atoms with van der Waals surface area (Å²) in [6, 6.07) is 5.36. The SMILES string of the molecule is O=Cc1cccc(C=CCCS)n1. The Balaban J connectivity index is 2.71. The standard InChI is InChI=1S/C10H11NOS/c12-8-10-6-3-5-9(11-10)4-1-2-7-13/h1,3-6,8,13H,2,7H2. The van der Waals surface area contributed by atoms with E-state index in [0.717, 1.165) is 24.2 Å². The third-order valence-corrected chi connectivity index (χ3v) is 1.76. The molecule has 0 amide bonds. The summed E-state index contributed by atoms with van der Waals surface area (Å²) in [5.41, 5.74) is 1.28. The van der Waals surface area contributed by atoms with E-state index in [0.29, 0.717) is 5.69 Å². The zero-order valence-corrected chi connectivity index (χ0v) is 8.08. The van der Waals surface area contributed by atoms with Crippen LogP contribution in [0.15, 0.2) is 24.3 Å². The van der Waals surface area contributed by atoms with Crippen molar-refractivity contribution in [3.05, 3.63) is 35.7 Å². The van der Waals surface area contributed by atoms with Gasteiger partial charge in [0.25, 0.3) is 0 Å². The monoisotopic (exact) mass is 193 g/mol. The predicted octanol–water partition coefficient (Wildman–Crippen LogP) is 2.23. The first-order valence-corrected chi connectivity index (χ1v) is 4.69. The number of hydrogen-bond donors (Lipinski definition) is 1. The van der Waals surface area contributed by atoms with E-state index in [1.807, 2.05) is 24.3 Å². The van der Waals surface area contributed by atoms with Gasteiger partial charge < -0.3 is 0 Å². The van der Waals surface area contributed by atoms with E-state index in [2.05, 4.69) is 17.6 Å². The summed E-state index contributed by atoms with van der Waals surface area (Å²) in [7, 11) is 0. The molecule has 0 bridgehead atoms. The van der Waals surface area contributed by atoms with Gasteiger partial charge in [0.05, 0.1) is 5.69 Å². The third kappa shape index (κ3) is 3.42. The molecule has 0 aliphatic heterocycles. The Bertz CT molecular complexity index is 310. The van der Waals surface area contributed by atoms with E-state index in [9.17, 15) is 4.79 Å². The molecule has 2 nitrogen and oxygen atoms in total. The number of thiol groups is 1. The second kappa shape index (κ2) is 5.54. The quantitative estimate of drug-likeness (QED) is 0.587. The van der Waals surface area contributed by atoms with Gasteiger partial charge in [-0.1, -0.05) is 12.1 Å². The van der Waals surface area contributed by atoms with Gasteiger partial charge in [-0.05, 0) is 30.4 Å². The van der Waals surface area contributed by atoms with Crippen LogP contribution in [0, 0.1) is 0 Å². The molecule has 0 atom stereocenters. The Morgan fingerprint density at radius 1 is 1.38 bits per heavy atom. The van der Waals surface area contributed by atoms with Crippen LogP contribution in [0.25, 0.3) is 6.08 Å². The van der Waals surface area contributed by atoms with Gasteiger partial charge in [-0.25, -0.2) is 4.98 Å². The molecule has 0 aromatic carbocycles. The molecule has 13 heavy (non-hydrogen) atoms. The van der Waals surface area contributed by atoms with Gasteiger partial charge in [-0.2, -0.15) is 12.6 Å². The van der Waals surface area contributed by atoms with Crippen LogP contribution in [0.3, 0.4) is 0 Å². The molecule has 0 N–H and O–H groups in total. The highest BCUT2D eigenvalue weighted by molar-refractivity contribution is 7.80. The van der Waals surface area contributed by atoms with Crippen LogP contribution in [-0.4, -0.2) is 17.0 Å². The van der Waals surface area contributed by atoms with Crippen molar-refractivity contribution < 1.29 is 4.79 Å². The molecule has 0 unspecified atom stereocenters. The largest absolute Gasteiger partial charge is 0.296 e. The maximum Gasteiger partial charge on any atom is 0.168 e. The van der Waals surface area contributed by atoms with Crippen LogP contribution in [0.5, 0.6) is 0 Å². The van der Waals surface area contributed by atoms with E-state index in [1.165, 1.54) is 0 Å². The Morgan fingerprint density at radius 3 is 2.85 bits per heavy atom. The molecule has 0 aliphatic carbocycles. The Morgan fingerprint density at radius 2 is 2.15 bits per heavy atom. The highest BCUT2D eigenvalue weighted by Gasteiger charge is 1.91. The first-order chi connectivity index (χ1) is 6.36. The molecule has 3 heteroatoms. The van der Waals surface area contributed by atoms with E-state index in [4.69, 9.17) is 0 Å². The highest BCUT2D eigenvalue weighted by Crippen LogP contribution is 2.00.